The predicted molar refractivity (Wildman–Crippen MR) is 63.2 cm³/mol. The van der Waals surface area contributed by atoms with Crippen molar-refractivity contribution in [3.05, 3.63) is 36.1 Å². The summed E-state index contributed by atoms with van der Waals surface area (Å²) >= 11 is 0. The number of nitrogens with zero attached hydrogens (tertiary/aromatic N) is 1. The molecule has 1 aromatic heterocycles. The molecule has 0 aliphatic carbocycles. The van der Waals surface area contributed by atoms with E-state index in [-0.39, 0.29) is 11.7 Å². The maximum Gasteiger partial charge on any atom is 0.374 e. The van der Waals surface area contributed by atoms with Gasteiger partial charge in [0.1, 0.15) is 5.69 Å². The first-order chi connectivity index (χ1) is 8.56. The van der Waals surface area contributed by atoms with E-state index in [1.54, 1.807) is 24.3 Å². The molecule has 0 bridgehead atoms. The lowest BCUT2D eigenvalue weighted by atomic mass is 10.1. The second kappa shape index (κ2) is 4.70. The van der Waals surface area contributed by atoms with Crippen LogP contribution in [0.2, 0.25) is 0 Å². The number of carbonyl (C=O) groups excluding carboxylic acids is 1. The highest BCUT2D eigenvalue weighted by molar-refractivity contribution is 5.90. The highest BCUT2D eigenvalue weighted by Crippen LogP contribution is 2.22. The molecule has 92 valence electrons. The second-order valence-electron chi connectivity index (χ2n) is 3.64. The van der Waals surface area contributed by atoms with Gasteiger partial charge in [0, 0.05) is 24.2 Å². The molecular formula is C12H10N2O4. The number of hydrogen-bond acceptors (Lipinski definition) is 4. The molecule has 0 saturated heterocycles. The molecule has 1 heterocycles. The van der Waals surface area contributed by atoms with Crippen LogP contribution in [0.25, 0.3) is 11.3 Å². The molecule has 2 N–H and O–H groups in total. The van der Waals surface area contributed by atoms with Gasteiger partial charge in [0.25, 0.3) is 0 Å². The number of nitrogens with one attached hydrogen (secondary N) is 1. The minimum Gasteiger partial charge on any atom is -0.475 e. The van der Waals surface area contributed by atoms with Crippen LogP contribution < -0.4 is 5.32 Å². The SMILES string of the molecule is CC(=O)Nc1cccc(-c2cc(C(=O)O)on2)c1. The summed E-state index contributed by atoms with van der Waals surface area (Å²) in [6.07, 6.45) is 0. The second-order valence-corrected chi connectivity index (χ2v) is 3.64. The van der Waals surface area contributed by atoms with Gasteiger partial charge in [-0.2, -0.15) is 0 Å². The van der Waals surface area contributed by atoms with E-state index < -0.39 is 5.97 Å². The monoisotopic (exact) mass is 246 g/mol. The summed E-state index contributed by atoms with van der Waals surface area (Å²) in [4.78, 5) is 21.6. The minimum absolute atomic E-state index is 0.182. The van der Waals surface area contributed by atoms with Crippen LogP contribution in [-0.2, 0) is 4.79 Å². The van der Waals surface area contributed by atoms with Crippen molar-refractivity contribution in [2.45, 2.75) is 6.92 Å². The maximum atomic E-state index is 10.9. The maximum absolute atomic E-state index is 10.9. The Balaban J connectivity index is 2.32. The molecule has 0 unspecified atom stereocenters. The normalized spacial score (nSPS) is 10.1. The van der Waals surface area contributed by atoms with Crippen molar-refractivity contribution < 1.29 is 19.2 Å². The fraction of sp³-hybridized carbons (Fsp3) is 0.0833. The summed E-state index contributed by atoms with van der Waals surface area (Å²) < 4.78 is 4.66. The Bertz CT molecular complexity index is 604. The first kappa shape index (κ1) is 11.8. The number of carboxylic acids is 1. The van der Waals surface area contributed by atoms with E-state index in [0.29, 0.717) is 16.9 Å². The number of amides is 1. The molecular weight excluding hydrogens is 236 g/mol. The third kappa shape index (κ3) is 2.54. The molecule has 0 aliphatic heterocycles. The number of anilines is 1. The quantitative estimate of drug-likeness (QED) is 0.863. The molecule has 0 aliphatic rings. The van der Waals surface area contributed by atoms with Gasteiger partial charge in [0.2, 0.25) is 11.7 Å². The van der Waals surface area contributed by atoms with Crippen LogP contribution in [0.5, 0.6) is 0 Å². The Morgan fingerprint density at radius 1 is 1.33 bits per heavy atom. The molecule has 18 heavy (non-hydrogen) atoms. The Labute approximate surface area is 102 Å². The molecule has 1 aromatic carbocycles. The van der Waals surface area contributed by atoms with Gasteiger partial charge in [-0.25, -0.2) is 4.79 Å². The van der Waals surface area contributed by atoms with Crippen molar-refractivity contribution in [3.8, 4) is 11.3 Å². The summed E-state index contributed by atoms with van der Waals surface area (Å²) in [5, 5.41) is 15.0. The van der Waals surface area contributed by atoms with Crippen LogP contribution >= 0.6 is 0 Å². The standard InChI is InChI=1S/C12H10N2O4/c1-7(15)13-9-4-2-3-8(5-9)10-6-11(12(16)17)18-14-10/h2-6H,1H3,(H,13,15)(H,16,17). The fourth-order valence-corrected chi connectivity index (χ4v) is 1.47. The molecule has 2 aromatic rings. The van der Waals surface area contributed by atoms with Crippen molar-refractivity contribution in [1.82, 2.24) is 5.16 Å². The van der Waals surface area contributed by atoms with Crippen molar-refractivity contribution in [1.29, 1.82) is 0 Å². The molecule has 2 rings (SSSR count). The van der Waals surface area contributed by atoms with E-state index in [2.05, 4.69) is 15.0 Å². The van der Waals surface area contributed by atoms with E-state index in [4.69, 9.17) is 5.11 Å². The topological polar surface area (TPSA) is 92.4 Å². The molecule has 6 heteroatoms. The predicted octanol–water partition coefficient (Wildman–Crippen LogP) is 2.00. The van der Waals surface area contributed by atoms with Crippen LogP contribution in [0.3, 0.4) is 0 Å². The third-order valence-corrected chi connectivity index (χ3v) is 2.20. The van der Waals surface area contributed by atoms with Crippen molar-refractivity contribution in [3.63, 3.8) is 0 Å². The lowest BCUT2D eigenvalue weighted by Crippen LogP contribution is -2.05. The van der Waals surface area contributed by atoms with E-state index in [9.17, 15) is 9.59 Å². The third-order valence-electron chi connectivity index (χ3n) is 2.20. The zero-order valence-corrected chi connectivity index (χ0v) is 9.51. The zero-order valence-electron chi connectivity index (χ0n) is 9.51. The average Bonchev–Trinajstić information content (AvgIpc) is 2.77. The van der Waals surface area contributed by atoms with Gasteiger partial charge in [-0.1, -0.05) is 17.3 Å². The van der Waals surface area contributed by atoms with Gasteiger partial charge in [0.15, 0.2) is 0 Å². The number of aromatic carboxylic acids is 1. The summed E-state index contributed by atoms with van der Waals surface area (Å²) in [5.41, 5.74) is 1.68. The van der Waals surface area contributed by atoms with Gasteiger partial charge in [-0.05, 0) is 12.1 Å². The first-order valence-corrected chi connectivity index (χ1v) is 5.14. The van der Waals surface area contributed by atoms with Crippen molar-refractivity contribution in [2.24, 2.45) is 0 Å². The number of carbonyl (C=O) groups is 2. The van der Waals surface area contributed by atoms with E-state index in [1.807, 2.05) is 0 Å². The van der Waals surface area contributed by atoms with Gasteiger partial charge < -0.3 is 14.9 Å². The van der Waals surface area contributed by atoms with Crippen LogP contribution in [0.15, 0.2) is 34.9 Å². The number of hydrogen-bond donors (Lipinski definition) is 2. The van der Waals surface area contributed by atoms with Crippen LogP contribution in [-0.4, -0.2) is 22.1 Å². The van der Waals surface area contributed by atoms with Gasteiger partial charge >= 0.3 is 5.97 Å². The Kier molecular flexibility index (Phi) is 3.09. The summed E-state index contributed by atoms with van der Waals surface area (Å²) in [7, 11) is 0. The summed E-state index contributed by atoms with van der Waals surface area (Å²) in [6, 6.07) is 8.22. The lowest BCUT2D eigenvalue weighted by Gasteiger charge is -2.02. The first-order valence-electron chi connectivity index (χ1n) is 5.14. The van der Waals surface area contributed by atoms with E-state index in [0.717, 1.165) is 0 Å². The van der Waals surface area contributed by atoms with Crippen LogP contribution in [0, 0.1) is 0 Å². The smallest absolute Gasteiger partial charge is 0.374 e. The van der Waals surface area contributed by atoms with Crippen LogP contribution in [0.4, 0.5) is 5.69 Å². The molecule has 0 fully saturated rings. The molecule has 0 atom stereocenters. The Morgan fingerprint density at radius 2 is 2.11 bits per heavy atom. The Morgan fingerprint density at radius 3 is 2.72 bits per heavy atom. The summed E-state index contributed by atoms with van der Waals surface area (Å²) in [6.45, 7) is 1.41. The molecule has 6 nitrogen and oxygen atoms in total. The van der Waals surface area contributed by atoms with E-state index >= 15 is 0 Å². The number of aromatic nitrogens is 1. The van der Waals surface area contributed by atoms with Crippen molar-refractivity contribution in [2.75, 3.05) is 5.32 Å². The summed E-state index contributed by atoms with van der Waals surface area (Å²) in [5.74, 6) is -1.58. The lowest BCUT2D eigenvalue weighted by molar-refractivity contribution is -0.114. The van der Waals surface area contributed by atoms with Gasteiger partial charge in [-0.15, -0.1) is 0 Å². The highest BCUT2D eigenvalue weighted by Gasteiger charge is 2.12. The largest absolute Gasteiger partial charge is 0.475 e. The number of rotatable bonds is 3. The Hall–Kier alpha value is -2.63. The van der Waals surface area contributed by atoms with Gasteiger partial charge in [-0.3, -0.25) is 4.79 Å². The fourth-order valence-electron chi connectivity index (χ4n) is 1.47. The van der Waals surface area contributed by atoms with Gasteiger partial charge in [0.05, 0.1) is 0 Å². The van der Waals surface area contributed by atoms with Crippen LogP contribution in [0.1, 0.15) is 17.5 Å². The molecule has 0 radical (unpaired) electrons. The number of benzene rings is 1. The highest BCUT2D eigenvalue weighted by atomic mass is 16.5. The number of carboxylic acid groups (broad SMARTS) is 1. The average molecular weight is 246 g/mol. The zero-order chi connectivity index (χ0) is 13.1. The molecule has 1 amide bonds. The van der Waals surface area contributed by atoms with E-state index in [1.165, 1.54) is 13.0 Å². The molecule has 0 saturated carbocycles. The van der Waals surface area contributed by atoms with Crippen molar-refractivity contribution >= 4 is 17.6 Å². The molecule has 0 spiro atoms. The minimum atomic E-state index is -1.17.